The van der Waals surface area contributed by atoms with Crippen LogP contribution in [0.15, 0.2) is 11.6 Å². The van der Waals surface area contributed by atoms with E-state index in [9.17, 15) is 4.79 Å². The standard InChI is InChI=1S/C21H33N5O3S/c1-15-12-24(13-16(2)29-15)19(27)18-17(26-7-10-30-20(26)23-18)11-22-14-21(3,4)25-5-8-28-9-6-25/h7,10,15-16,22H,5-6,8-9,11-14H2,1-4H3/t15-,16+. The first-order valence-electron chi connectivity index (χ1n) is 10.8. The number of hydrogen-bond donors (Lipinski definition) is 1. The summed E-state index contributed by atoms with van der Waals surface area (Å²) in [7, 11) is 0. The maximum Gasteiger partial charge on any atom is 0.274 e. The molecule has 9 heteroatoms. The summed E-state index contributed by atoms with van der Waals surface area (Å²) in [4.78, 5) is 23.2. The lowest BCUT2D eigenvalue weighted by Gasteiger charge is -2.41. The first kappa shape index (κ1) is 21.7. The molecule has 2 aliphatic rings. The van der Waals surface area contributed by atoms with E-state index in [2.05, 4.69) is 29.0 Å². The summed E-state index contributed by atoms with van der Waals surface area (Å²) >= 11 is 1.56. The molecule has 1 N–H and O–H groups in total. The molecule has 0 aliphatic carbocycles. The molecule has 30 heavy (non-hydrogen) atoms. The van der Waals surface area contributed by atoms with E-state index in [0.717, 1.165) is 43.5 Å². The lowest BCUT2D eigenvalue weighted by Crippen LogP contribution is -2.54. The number of carbonyl (C=O) groups is 1. The second kappa shape index (κ2) is 8.92. The lowest BCUT2D eigenvalue weighted by molar-refractivity contribution is -0.0587. The minimum absolute atomic E-state index is 0.00265. The number of hydrogen-bond acceptors (Lipinski definition) is 7. The predicted octanol–water partition coefficient (Wildman–Crippen LogP) is 1.85. The van der Waals surface area contributed by atoms with E-state index >= 15 is 0 Å². The Balaban J connectivity index is 1.48. The van der Waals surface area contributed by atoms with Crippen LogP contribution in [0, 0.1) is 0 Å². The van der Waals surface area contributed by atoms with E-state index in [0.29, 0.717) is 25.3 Å². The number of amides is 1. The highest BCUT2D eigenvalue weighted by Crippen LogP contribution is 2.22. The van der Waals surface area contributed by atoms with Crippen molar-refractivity contribution in [3.8, 4) is 0 Å². The topological polar surface area (TPSA) is 71.3 Å². The maximum absolute atomic E-state index is 13.3. The molecule has 0 bridgehead atoms. The summed E-state index contributed by atoms with van der Waals surface area (Å²) in [6.07, 6.45) is 2.08. The molecule has 0 aromatic carbocycles. The van der Waals surface area contributed by atoms with Gasteiger partial charge >= 0.3 is 0 Å². The van der Waals surface area contributed by atoms with Gasteiger partial charge in [-0.15, -0.1) is 11.3 Å². The van der Waals surface area contributed by atoms with E-state index in [1.54, 1.807) is 11.3 Å². The van der Waals surface area contributed by atoms with Gasteiger partial charge in [0.15, 0.2) is 10.7 Å². The Hall–Kier alpha value is -1.52. The van der Waals surface area contributed by atoms with Crippen molar-refractivity contribution in [2.45, 2.75) is 52.0 Å². The smallest absolute Gasteiger partial charge is 0.274 e. The zero-order chi connectivity index (χ0) is 21.3. The second-order valence-electron chi connectivity index (χ2n) is 8.95. The van der Waals surface area contributed by atoms with Crippen molar-refractivity contribution in [1.29, 1.82) is 0 Å². The molecule has 0 saturated carbocycles. The highest BCUT2D eigenvalue weighted by Gasteiger charge is 2.31. The monoisotopic (exact) mass is 435 g/mol. The van der Waals surface area contributed by atoms with Gasteiger partial charge in [-0.2, -0.15) is 0 Å². The van der Waals surface area contributed by atoms with E-state index in [-0.39, 0.29) is 23.7 Å². The Morgan fingerprint density at radius 1 is 1.27 bits per heavy atom. The molecule has 2 saturated heterocycles. The van der Waals surface area contributed by atoms with Gasteiger partial charge in [-0.3, -0.25) is 14.1 Å². The number of ether oxygens (including phenoxy) is 2. The molecule has 0 radical (unpaired) electrons. The molecular weight excluding hydrogens is 402 g/mol. The van der Waals surface area contributed by atoms with Crippen LogP contribution in [0.4, 0.5) is 0 Å². The van der Waals surface area contributed by atoms with Crippen LogP contribution >= 0.6 is 11.3 Å². The average molecular weight is 436 g/mol. The highest BCUT2D eigenvalue weighted by atomic mass is 32.1. The predicted molar refractivity (Wildman–Crippen MR) is 117 cm³/mol. The quantitative estimate of drug-likeness (QED) is 0.747. The van der Waals surface area contributed by atoms with Crippen molar-refractivity contribution in [2.75, 3.05) is 45.9 Å². The van der Waals surface area contributed by atoms with Crippen LogP contribution < -0.4 is 5.32 Å². The van der Waals surface area contributed by atoms with Crippen LogP contribution in [0.5, 0.6) is 0 Å². The normalized spacial score (nSPS) is 23.9. The first-order valence-corrected chi connectivity index (χ1v) is 11.7. The number of nitrogens with zero attached hydrogens (tertiary/aromatic N) is 4. The number of aromatic nitrogens is 2. The third-order valence-electron chi connectivity index (χ3n) is 5.99. The van der Waals surface area contributed by atoms with Crippen LogP contribution in [0.1, 0.15) is 43.9 Å². The average Bonchev–Trinajstić information content (AvgIpc) is 3.29. The van der Waals surface area contributed by atoms with Gasteiger partial charge in [0.05, 0.1) is 31.1 Å². The van der Waals surface area contributed by atoms with E-state index in [1.165, 1.54) is 0 Å². The minimum atomic E-state index is -0.00265. The lowest BCUT2D eigenvalue weighted by atomic mass is 10.0. The zero-order valence-corrected chi connectivity index (χ0v) is 19.2. The van der Waals surface area contributed by atoms with Crippen LogP contribution in [-0.2, 0) is 16.0 Å². The molecule has 0 spiro atoms. The summed E-state index contributed by atoms with van der Waals surface area (Å²) in [5.41, 5.74) is 1.50. The number of morpholine rings is 2. The van der Waals surface area contributed by atoms with Crippen molar-refractivity contribution < 1.29 is 14.3 Å². The molecule has 2 aliphatic heterocycles. The Kier molecular flexibility index (Phi) is 6.45. The molecule has 2 aromatic heterocycles. The third kappa shape index (κ3) is 4.55. The highest BCUT2D eigenvalue weighted by molar-refractivity contribution is 7.15. The number of carbonyl (C=O) groups excluding carboxylic acids is 1. The van der Waals surface area contributed by atoms with Gasteiger partial charge in [0, 0.05) is 56.4 Å². The summed E-state index contributed by atoms with van der Waals surface area (Å²) in [5.74, 6) is -0.00265. The van der Waals surface area contributed by atoms with Gasteiger partial charge < -0.3 is 19.7 Å². The molecule has 8 nitrogen and oxygen atoms in total. The van der Waals surface area contributed by atoms with Gasteiger partial charge in [-0.1, -0.05) is 0 Å². The van der Waals surface area contributed by atoms with Gasteiger partial charge in [-0.05, 0) is 27.7 Å². The largest absolute Gasteiger partial charge is 0.379 e. The molecule has 4 rings (SSSR count). The van der Waals surface area contributed by atoms with E-state index in [4.69, 9.17) is 9.47 Å². The summed E-state index contributed by atoms with van der Waals surface area (Å²) in [6, 6.07) is 0. The second-order valence-corrected chi connectivity index (χ2v) is 9.82. The first-order chi connectivity index (χ1) is 14.3. The third-order valence-corrected chi connectivity index (χ3v) is 6.74. The zero-order valence-electron chi connectivity index (χ0n) is 18.4. The summed E-state index contributed by atoms with van der Waals surface area (Å²) in [6.45, 7) is 14.6. The van der Waals surface area contributed by atoms with Crippen molar-refractivity contribution in [3.05, 3.63) is 23.0 Å². The fraction of sp³-hybridized carbons (Fsp3) is 0.714. The maximum atomic E-state index is 13.3. The molecule has 166 valence electrons. The van der Waals surface area contributed by atoms with Gasteiger partial charge in [0.2, 0.25) is 0 Å². The molecular formula is C21H33N5O3S. The number of nitrogens with one attached hydrogen (secondary N) is 1. The summed E-state index contributed by atoms with van der Waals surface area (Å²) in [5, 5.41) is 5.60. The van der Waals surface area contributed by atoms with Crippen LogP contribution in [0.3, 0.4) is 0 Å². The molecule has 4 heterocycles. The van der Waals surface area contributed by atoms with Crippen molar-refractivity contribution in [3.63, 3.8) is 0 Å². The SMILES string of the molecule is C[C@@H]1CN(C(=O)c2nc3sccn3c2CNCC(C)(C)N2CCOCC2)C[C@H](C)O1. The van der Waals surface area contributed by atoms with Crippen LogP contribution in [0.2, 0.25) is 0 Å². The Morgan fingerprint density at radius 2 is 1.97 bits per heavy atom. The van der Waals surface area contributed by atoms with Gasteiger partial charge in [0.1, 0.15) is 0 Å². The minimum Gasteiger partial charge on any atom is -0.379 e. The fourth-order valence-corrected chi connectivity index (χ4v) is 5.17. The molecule has 2 atom stereocenters. The van der Waals surface area contributed by atoms with E-state index < -0.39 is 0 Å². The van der Waals surface area contributed by atoms with Crippen molar-refractivity contribution >= 4 is 22.2 Å². The molecule has 0 unspecified atom stereocenters. The number of imidazole rings is 1. The Bertz CT molecular complexity index is 863. The van der Waals surface area contributed by atoms with E-state index in [1.807, 2.05) is 34.7 Å². The van der Waals surface area contributed by atoms with Gasteiger partial charge in [0.25, 0.3) is 5.91 Å². The van der Waals surface area contributed by atoms with Crippen molar-refractivity contribution in [2.24, 2.45) is 0 Å². The molecule has 1 amide bonds. The Morgan fingerprint density at radius 3 is 2.67 bits per heavy atom. The van der Waals surface area contributed by atoms with Crippen molar-refractivity contribution in [1.82, 2.24) is 24.5 Å². The van der Waals surface area contributed by atoms with Crippen LogP contribution in [0.25, 0.3) is 4.96 Å². The summed E-state index contributed by atoms with van der Waals surface area (Å²) < 4.78 is 13.3. The number of fused-ring (bicyclic) bond motifs is 1. The molecule has 2 aromatic rings. The van der Waals surface area contributed by atoms with Crippen LogP contribution in [-0.4, -0.2) is 88.8 Å². The fourth-order valence-electron chi connectivity index (χ4n) is 4.43. The van der Waals surface area contributed by atoms with Gasteiger partial charge in [-0.25, -0.2) is 4.98 Å². The number of rotatable bonds is 6. The number of thiazole rings is 1. The molecule has 2 fully saturated rings. The Labute approximate surface area is 182 Å².